The summed E-state index contributed by atoms with van der Waals surface area (Å²) in [6.07, 6.45) is 1.70. The van der Waals surface area contributed by atoms with E-state index >= 15 is 0 Å². The molecule has 4 nitrogen and oxygen atoms in total. The van der Waals surface area contributed by atoms with E-state index in [1.54, 1.807) is 48.5 Å². The first-order valence-corrected chi connectivity index (χ1v) is 9.44. The molecule has 0 aromatic heterocycles. The molecular formula is C23H15BrO4. The van der Waals surface area contributed by atoms with Crippen molar-refractivity contribution < 1.29 is 19.1 Å². The topological polar surface area (TPSA) is 52.6 Å². The second-order valence-electron chi connectivity index (χ2n) is 6.23. The zero-order chi connectivity index (χ0) is 19.5. The van der Waals surface area contributed by atoms with Crippen molar-refractivity contribution in [1.82, 2.24) is 0 Å². The number of hydrogen-bond donors (Lipinski definition) is 0. The lowest BCUT2D eigenvalue weighted by Gasteiger charge is -2.06. The summed E-state index contributed by atoms with van der Waals surface area (Å²) in [6, 6.07) is 21.5. The summed E-state index contributed by atoms with van der Waals surface area (Å²) in [4.78, 5) is 24.7. The summed E-state index contributed by atoms with van der Waals surface area (Å²) in [5.41, 5.74) is 1.93. The molecule has 0 amide bonds. The van der Waals surface area contributed by atoms with Crippen LogP contribution in [0.5, 0.6) is 11.5 Å². The number of hydrogen-bond acceptors (Lipinski definition) is 4. The van der Waals surface area contributed by atoms with Crippen LogP contribution in [0, 0.1) is 0 Å². The van der Waals surface area contributed by atoms with Crippen molar-refractivity contribution in [2.45, 2.75) is 0 Å². The van der Waals surface area contributed by atoms with Crippen LogP contribution in [0.3, 0.4) is 0 Å². The van der Waals surface area contributed by atoms with Crippen LogP contribution >= 0.6 is 15.9 Å². The predicted octanol–water partition coefficient (Wildman–Crippen LogP) is 5.33. The normalized spacial score (nSPS) is 13.9. The fraction of sp³-hybridized carbons (Fsp3) is 0.0435. The second-order valence-corrected chi connectivity index (χ2v) is 7.14. The Hall–Kier alpha value is -3.18. The first-order chi connectivity index (χ1) is 13.6. The molecule has 0 spiro atoms. The molecule has 0 bridgehead atoms. The molecule has 3 aromatic rings. The van der Waals surface area contributed by atoms with Gasteiger partial charge in [0.2, 0.25) is 5.78 Å². The largest absolute Gasteiger partial charge is 0.485 e. The molecule has 0 saturated heterocycles. The number of fused-ring (bicyclic) bond motifs is 1. The smallest absolute Gasteiger partial charge is 0.231 e. The molecule has 3 aromatic carbocycles. The summed E-state index contributed by atoms with van der Waals surface area (Å²) in [5, 5.41) is 0. The Morgan fingerprint density at radius 1 is 1.00 bits per heavy atom. The van der Waals surface area contributed by atoms with Gasteiger partial charge in [-0.2, -0.15) is 0 Å². The predicted molar refractivity (Wildman–Crippen MR) is 110 cm³/mol. The highest BCUT2D eigenvalue weighted by Crippen LogP contribution is 2.35. The molecule has 0 radical (unpaired) electrons. The van der Waals surface area contributed by atoms with E-state index in [-0.39, 0.29) is 23.9 Å². The maximum Gasteiger partial charge on any atom is 0.231 e. The molecule has 0 saturated carbocycles. The van der Waals surface area contributed by atoms with Crippen molar-refractivity contribution in [1.29, 1.82) is 0 Å². The highest BCUT2D eigenvalue weighted by atomic mass is 79.9. The summed E-state index contributed by atoms with van der Waals surface area (Å²) in [6.45, 7) is -0.0850. The number of ether oxygens (including phenoxy) is 2. The van der Waals surface area contributed by atoms with Crippen molar-refractivity contribution in [3.63, 3.8) is 0 Å². The van der Waals surface area contributed by atoms with Crippen LogP contribution in [0.2, 0.25) is 0 Å². The average molecular weight is 435 g/mol. The monoisotopic (exact) mass is 434 g/mol. The van der Waals surface area contributed by atoms with Crippen LogP contribution in [-0.4, -0.2) is 18.2 Å². The maximum absolute atomic E-state index is 12.5. The number of Topliss-reactive ketones (excluding diaryl/α,β-unsaturated/α-hetero) is 2. The van der Waals surface area contributed by atoms with E-state index < -0.39 is 0 Å². The first-order valence-electron chi connectivity index (χ1n) is 8.65. The van der Waals surface area contributed by atoms with E-state index in [9.17, 15) is 9.59 Å². The van der Waals surface area contributed by atoms with Gasteiger partial charge in [0.15, 0.2) is 18.1 Å². The van der Waals surface area contributed by atoms with Gasteiger partial charge >= 0.3 is 0 Å². The number of carbonyl (C=O) groups excluding carboxylic acids is 2. The van der Waals surface area contributed by atoms with Gasteiger partial charge in [0.05, 0.1) is 5.56 Å². The molecule has 5 heteroatoms. The summed E-state index contributed by atoms with van der Waals surface area (Å²) < 4.78 is 12.3. The van der Waals surface area contributed by atoms with E-state index in [2.05, 4.69) is 15.9 Å². The molecule has 28 heavy (non-hydrogen) atoms. The van der Waals surface area contributed by atoms with E-state index in [0.29, 0.717) is 22.6 Å². The zero-order valence-electron chi connectivity index (χ0n) is 14.7. The van der Waals surface area contributed by atoms with Crippen molar-refractivity contribution in [2.24, 2.45) is 0 Å². The SMILES string of the molecule is O=C(COc1ccc2c(c1)O/C(=C\c1ccc(Br)cc1)C2=O)c1ccccc1. The number of benzene rings is 3. The van der Waals surface area contributed by atoms with Gasteiger partial charge in [-0.25, -0.2) is 0 Å². The zero-order valence-corrected chi connectivity index (χ0v) is 16.3. The van der Waals surface area contributed by atoms with E-state index in [4.69, 9.17) is 9.47 Å². The highest BCUT2D eigenvalue weighted by Gasteiger charge is 2.27. The van der Waals surface area contributed by atoms with Crippen molar-refractivity contribution >= 4 is 33.6 Å². The fourth-order valence-electron chi connectivity index (χ4n) is 2.82. The molecule has 1 aliphatic rings. The minimum absolute atomic E-state index is 0.0850. The molecule has 0 unspecified atom stereocenters. The Bertz CT molecular complexity index is 1070. The number of carbonyl (C=O) groups is 2. The number of rotatable bonds is 5. The number of allylic oxidation sites excluding steroid dienone is 1. The highest BCUT2D eigenvalue weighted by molar-refractivity contribution is 9.10. The Labute approximate surface area is 170 Å². The first kappa shape index (κ1) is 18.2. The van der Waals surface area contributed by atoms with Gasteiger partial charge in [0.25, 0.3) is 0 Å². The van der Waals surface area contributed by atoms with Crippen molar-refractivity contribution in [3.05, 3.63) is 99.7 Å². The van der Waals surface area contributed by atoms with Gasteiger partial charge in [-0.1, -0.05) is 58.4 Å². The third-order valence-corrected chi connectivity index (χ3v) is 4.80. The summed E-state index contributed by atoms with van der Waals surface area (Å²) in [5.74, 6) is 0.868. The summed E-state index contributed by atoms with van der Waals surface area (Å²) in [7, 11) is 0. The Morgan fingerprint density at radius 2 is 1.75 bits per heavy atom. The molecule has 1 aliphatic heterocycles. The minimum Gasteiger partial charge on any atom is -0.485 e. The molecular weight excluding hydrogens is 420 g/mol. The molecule has 0 N–H and O–H groups in total. The standard InChI is InChI=1S/C23H15BrO4/c24-17-8-6-15(7-9-17)12-22-23(26)19-11-10-18(13-21(19)28-22)27-14-20(25)16-4-2-1-3-5-16/h1-13H,14H2/b22-12-. The van der Waals surface area contributed by atoms with Crippen LogP contribution in [0.25, 0.3) is 6.08 Å². The van der Waals surface area contributed by atoms with Gasteiger partial charge in [0, 0.05) is 16.1 Å². The Balaban J connectivity index is 1.48. The van der Waals surface area contributed by atoms with Crippen molar-refractivity contribution in [2.75, 3.05) is 6.61 Å². The number of halogens is 1. The van der Waals surface area contributed by atoms with E-state index in [1.165, 1.54) is 0 Å². The second kappa shape index (κ2) is 7.82. The van der Waals surface area contributed by atoms with Crippen LogP contribution in [0.1, 0.15) is 26.3 Å². The molecule has 138 valence electrons. The Morgan fingerprint density at radius 3 is 2.50 bits per heavy atom. The van der Waals surface area contributed by atoms with Crippen LogP contribution < -0.4 is 9.47 Å². The average Bonchev–Trinajstić information content (AvgIpc) is 3.03. The molecule has 0 fully saturated rings. The van der Waals surface area contributed by atoms with Crippen LogP contribution in [-0.2, 0) is 0 Å². The molecule has 1 heterocycles. The third-order valence-electron chi connectivity index (χ3n) is 4.27. The lowest BCUT2D eigenvalue weighted by molar-refractivity contribution is 0.0921. The van der Waals surface area contributed by atoms with Crippen LogP contribution in [0.4, 0.5) is 0 Å². The van der Waals surface area contributed by atoms with Gasteiger partial charge < -0.3 is 9.47 Å². The fourth-order valence-corrected chi connectivity index (χ4v) is 3.09. The van der Waals surface area contributed by atoms with Gasteiger partial charge in [-0.3, -0.25) is 9.59 Å². The van der Waals surface area contributed by atoms with Crippen molar-refractivity contribution in [3.8, 4) is 11.5 Å². The van der Waals surface area contributed by atoms with E-state index in [0.717, 1.165) is 10.0 Å². The minimum atomic E-state index is -0.176. The lowest BCUT2D eigenvalue weighted by Crippen LogP contribution is -2.11. The Kier molecular flexibility index (Phi) is 5.08. The van der Waals surface area contributed by atoms with Gasteiger partial charge in [-0.05, 0) is 35.9 Å². The van der Waals surface area contributed by atoms with Crippen LogP contribution in [0.15, 0.2) is 83.0 Å². The van der Waals surface area contributed by atoms with Gasteiger partial charge in [0.1, 0.15) is 11.5 Å². The lowest BCUT2D eigenvalue weighted by atomic mass is 10.1. The third kappa shape index (κ3) is 3.89. The molecule has 0 aliphatic carbocycles. The molecule has 0 atom stereocenters. The maximum atomic E-state index is 12.5. The summed E-state index contributed by atoms with van der Waals surface area (Å²) >= 11 is 3.38. The quantitative estimate of drug-likeness (QED) is 0.402. The van der Waals surface area contributed by atoms with Gasteiger partial charge in [-0.15, -0.1) is 0 Å². The number of ketones is 2. The van der Waals surface area contributed by atoms with E-state index in [1.807, 2.05) is 30.3 Å². The molecule has 4 rings (SSSR count).